The first kappa shape index (κ1) is 17.7. The van der Waals surface area contributed by atoms with Gasteiger partial charge in [0.15, 0.2) is 0 Å². The van der Waals surface area contributed by atoms with Crippen molar-refractivity contribution in [1.29, 1.82) is 0 Å². The Morgan fingerprint density at radius 3 is 2.70 bits per heavy atom. The van der Waals surface area contributed by atoms with Gasteiger partial charge in [-0.3, -0.25) is 4.79 Å². The van der Waals surface area contributed by atoms with Crippen LogP contribution in [0.2, 0.25) is 5.02 Å². The molecule has 1 aromatic carbocycles. The van der Waals surface area contributed by atoms with Gasteiger partial charge in [0.2, 0.25) is 0 Å². The summed E-state index contributed by atoms with van der Waals surface area (Å²) in [5, 5.41) is 3.45. The third kappa shape index (κ3) is 5.55. The van der Waals surface area contributed by atoms with Crippen LogP contribution in [0.3, 0.4) is 0 Å². The molecule has 0 aliphatic rings. The molecule has 0 fully saturated rings. The highest BCUT2D eigenvalue weighted by molar-refractivity contribution is 7.98. The minimum absolute atomic E-state index is 0.0359. The predicted octanol–water partition coefficient (Wildman–Crippen LogP) is 4.84. The fourth-order valence-corrected chi connectivity index (χ4v) is 2.63. The standard InChI is InChI=1S/C15H21Cl2NOS/c1-15(2,7-4-8-16)10-18-14(19)12-9-11(20-3)5-6-13(12)17/h5-6,9H,4,7-8,10H2,1-3H3,(H,18,19). The van der Waals surface area contributed by atoms with Crippen LogP contribution in [0.4, 0.5) is 0 Å². The van der Waals surface area contributed by atoms with Gasteiger partial charge in [0.1, 0.15) is 0 Å². The van der Waals surface area contributed by atoms with Crippen LogP contribution < -0.4 is 5.32 Å². The van der Waals surface area contributed by atoms with Crippen LogP contribution in [0.25, 0.3) is 0 Å². The van der Waals surface area contributed by atoms with Crippen molar-refractivity contribution in [1.82, 2.24) is 5.32 Å². The second-order valence-corrected chi connectivity index (χ2v) is 7.15. The Balaban J connectivity index is 2.67. The molecule has 1 rings (SSSR count). The van der Waals surface area contributed by atoms with Crippen LogP contribution in [-0.4, -0.2) is 24.6 Å². The van der Waals surface area contributed by atoms with E-state index in [1.54, 1.807) is 17.8 Å². The number of amides is 1. The topological polar surface area (TPSA) is 29.1 Å². The normalized spacial score (nSPS) is 11.4. The summed E-state index contributed by atoms with van der Waals surface area (Å²) in [6.07, 6.45) is 3.91. The lowest BCUT2D eigenvalue weighted by molar-refractivity contribution is 0.0934. The van der Waals surface area contributed by atoms with Gasteiger partial charge >= 0.3 is 0 Å². The van der Waals surface area contributed by atoms with E-state index in [0.29, 0.717) is 23.0 Å². The number of hydrogen-bond donors (Lipinski definition) is 1. The Morgan fingerprint density at radius 1 is 1.40 bits per heavy atom. The lowest BCUT2D eigenvalue weighted by Gasteiger charge is -2.24. The van der Waals surface area contributed by atoms with E-state index in [4.69, 9.17) is 23.2 Å². The van der Waals surface area contributed by atoms with E-state index in [1.807, 2.05) is 18.4 Å². The van der Waals surface area contributed by atoms with Crippen molar-refractivity contribution < 1.29 is 4.79 Å². The second-order valence-electron chi connectivity index (χ2n) is 5.49. The quantitative estimate of drug-likeness (QED) is 0.571. The summed E-state index contributed by atoms with van der Waals surface area (Å²) in [5.41, 5.74) is 0.570. The molecule has 0 spiro atoms. The monoisotopic (exact) mass is 333 g/mol. The minimum atomic E-state index is -0.121. The van der Waals surface area contributed by atoms with E-state index < -0.39 is 0 Å². The highest BCUT2D eigenvalue weighted by atomic mass is 35.5. The lowest BCUT2D eigenvalue weighted by atomic mass is 9.88. The number of hydrogen-bond acceptors (Lipinski definition) is 2. The van der Waals surface area contributed by atoms with E-state index >= 15 is 0 Å². The van der Waals surface area contributed by atoms with Crippen LogP contribution in [0.5, 0.6) is 0 Å². The smallest absolute Gasteiger partial charge is 0.252 e. The van der Waals surface area contributed by atoms with Crippen molar-refractivity contribution in [2.24, 2.45) is 5.41 Å². The van der Waals surface area contributed by atoms with Crippen molar-refractivity contribution in [2.45, 2.75) is 31.6 Å². The zero-order valence-corrected chi connectivity index (χ0v) is 14.5. The van der Waals surface area contributed by atoms with Crippen LogP contribution in [0.15, 0.2) is 23.1 Å². The molecule has 20 heavy (non-hydrogen) atoms. The van der Waals surface area contributed by atoms with Crippen LogP contribution in [-0.2, 0) is 0 Å². The molecule has 112 valence electrons. The summed E-state index contributed by atoms with van der Waals surface area (Å²) in [6, 6.07) is 5.50. The fourth-order valence-electron chi connectivity index (χ4n) is 1.85. The van der Waals surface area contributed by atoms with Crippen molar-refractivity contribution in [3.8, 4) is 0 Å². The highest BCUT2D eigenvalue weighted by Gasteiger charge is 2.19. The summed E-state index contributed by atoms with van der Waals surface area (Å²) < 4.78 is 0. The second kappa shape index (κ2) is 8.16. The van der Waals surface area contributed by atoms with Crippen LogP contribution >= 0.6 is 35.0 Å². The molecule has 0 saturated carbocycles. The molecule has 0 atom stereocenters. The van der Waals surface area contributed by atoms with Gasteiger partial charge < -0.3 is 5.32 Å². The maximum atomic E-state index is 12.2. The van der Waals surface area contributed by atoms with Gasteiger partial charge in [-0.05, 0) is 42.7 Å². The first-order chi connectivity index (χ1) is 9.39. The van der Waals surface area contributed by atoms with E-state index in [0.717, 1.165) is 17.7 Å². The highest BCUT2D eigenvalue weighted by Crippen LogP contribution is 2.24. The Hall–Kier alpha value is -0.380. The Labute approximate surface area is 135 Å². The minimum Gasteiger partial charge on any atom is -0.351 e. The summed E-state index contributed by atoms with van der Waals surface area (Å²) in [7, 11) is 0. The Bertz CT molecular complexity index is 463. The third-order valence-corrected chi connectivity index (χ3v) is 4.46. The van der Waals surface area contributed by atoms with Gasteiger partial charge in [0, 0.05) is 17.3 Å². The van der Waals surface area contributed by atoms with Crippen molar-refractivity contribution in [3.05, 3.63) is 28.8 Å². The maximum Gasteiger partial charge on any atom is 0.252 e. The third-order valence-electron chi connectivity index (χ3n) is 3.13. The van der Waals surface area contributed by atoms with Gasteiger partial charge in [-0.25, -0.2) is 0 Å². The number of halogens is 2. The molecule has 0 saturated heterocycles. The van der Waals surface area contributed by atoms with E-state index in [-0.39, 0.29) is 11.3 Å². The first-order valence-corrected chi connectivity index (χ1v) is 8.71. The molecule has 0 radical (unpaired) electrons. The molecule has 0 aliphatic carbocycles. The summed E-state index contributed by atoms with van der Waals surface area (Å²) in [6.45, 7) is 4.86. The van der Waals surface area contributed by atoms with Crippen LogP contribution in [0.1, 0.15) is 37.0 Å². The molecular formula is C15H21Cl2NOS. The van der Waals surface area contributed by atoms with Crippen LogP contribution in [0, 0.1) is 5.41 Å². The number of benzene rings is 1. The van der Waals surface area contributed by atoms with Gasteiger partial charge in [0.05, 0.1) is 10.6 Å². The van der Waals surface area contributed by atoms with E-state index in [1.165, 1.54) is 0 Å². The molecule has 0 aromatic heterocycles. The molecule has 1 N–H and O–H groups in total. The molecule has 2 nitrogen and oxygen atoms in total. The fraction of sp³-hybridized carbons (Fsp3) is 0.533. The maximum absolute atomic E-state index is 12.2. The molecule has 1 amide bonds. The van der Waals surface area contributed by atoms with E-state index in [9.17, 15) is 4.79 Å². The molecule has 0 aliphatic heterocycles. The number of alkyl halides is 1. The Kier molecular flexibility index (Phi) is 7.21. The lowest BCUT2D eigenvalue weighted by Crippen LogP contribution is -2.34. The number of thioether (sulfide) groups is 1. The van der Waals surface area contributed by atoms with Gasteiger partial charge in [-0.1, -0.05) is 25.4 Å². The molecule has 0 heterocycles. The number of rotatable bonds is 7. The van der Waals surface area contributed by atoms with Gasteiger partial charge in [-0.15, -0.1) is 23.4 Å². The average Bonchev–Trinajstić information content (AvgIpc) is 2.43. The number of nitrogens with one attached hydrogen (secondary N) is 1. The largest absolute Gasteiger partial charge is 0.351 e. The molecule has 0 unspecified atom stereocenters. The predicted molar refractivity (Wildman–Crippen MR) is 89.3 cm³/mol. The molecule has 0 bridgehead atoms. The summed E-state index contributed by atoms with van der Waals surface area (Å²) in [5.74, 6) is 0.531. The number of carbonyl (C=O) groups excluding carboxylic acids is 1. The summed E-state index contributed by atoms with van der Waals surface area (Å²) in [4.78, 5) is 13.3. The first-order valence-electron chi connectivity index (χ1n) is 6.57. The molecular weight excluding hydrogens is 313 g/mol. The zero-order chi connectivity index (χ0) is 15.2. The average molecular weight is 334 g/mol. The van der Waals surface area contributed by atoms with Gasteiger partial charge in [0.25, 0.3) is 5.91 Å². The Morgan fingerprint density at radius 2 is 2.10 bits per heavy atom. The van der Waals surface area contributed by atoms with Crippen molar-refractivity contribution in [3.63, 3.8) is 0 Å². The SMILES string of the molecule is CSc1ccc(Cl)c(C(=O)NCC(C)(C)CCCCl)c1. The molecule has 5 heteroatoms. The van der Waals surface area contributed by atoms with Crippen molar-refractivity contribution >= 4 is 40.9 Å². The molecule has 1 aromatic rings. The van der Waals surface area contributed by atoms with E-state index in [2.05, 4.69) is 19.2 Å². The zero-order valence-electron chi connectivity index (χ0n) is 12.1. The number of carbonyl (C=O) groups is 1. The van der Waals surface area contributed by atoms with Crippen molar-refractivity contribution in [2.75, 3.05) is 18.7 Å². The van der Waals surface area contributed by atoms with Gasteiger partial charge in [-0.2, -0.15) is 0 Å². The summed E-state index contributed by atoms with van der Waals surface area (Å²) >= 11 is 13.4.